The largest absolute Gasteiger partial charge is 0.495 e. The molecule has 8 nitrogen and oxygen atoms in total. The Morgan fingerprint density at radius 2 is 1.53 bits per heavy atom. The van der Waals surface area contributed by atoms with Gasteiger partial charge in [0.2, 0.25) is 5.91 Å². The van der Waals surface area contributed by atoms with E-state index < -0.39 is 10.8 Å². The summed E-state index contributed by atoms with van der Waals surface area (Å²) in [5.41, 5.74) is -0.844. The van der Waals surface area contributed by atoms with Crippen LogP contribution in [0.25, 0.3) is 0 Å². The van der Waals surface area contributed by atoms with E-state index in [4.69, 9.17) is 9.47 Å². The topological polar surface area (TPSA) is 102 Å². The van der Waals surface area contributed by atoms with Crippen molar-refractivity contribution in [1.29, 1.82) is 0 Å². The standard InChI is InChI=1S/C47H76N2O6/c1-28(2)38-34(51)27-47(40(52)49-24-18-32(19-25-49)48-41(53)54-29(3)4)23-22-45(12)33(39(38)47)14-15-36-44(11)20-17-37(55-30(5)26-42(7,8)31(6)50)43(9,10)35(44)16-21-46(36,45)13/h28-29,32-33,35-39H,5,14-27H2,1-4,6-13H3,(H,48,53)/t33-,35?,36?,37+,38?,39?,44?,45-,46-,47-/m1/s1. The molecule has 6 aliphatic rings. The zero-order chi connectivity index (χ0) is 40.7. The van der Waals surface area contributed by atoms with E-state index >= 15 is 4.79 Å². The molecule has 1 N–H and O–H groups in total. The van der Waals surface area contributed by atoms with Crippen LogP contribution in [-0.4, -0.2) is 59.8 Å². The number of amides is 2. The molecule has 5 saturated carbocycles. The second-order valence-corrected chi connectivity index (χ2v) is 22.1. The van der Waals surface area contributed by atoms with Gasteiger partial charge in [-0.3, -0.25) is 14.4 Å². The molecule has 1 saturated heterocycles. The monoisotopic (exact) mass is 765 g/mol. The van der Waals surface area contributed by atoms with Crippen molar-refractivity contribution >= 4 is 23.6 Å². The number of piperidine rings is 1. The van der Waals surface area contributed by atoms with E-state index in [1.807, 2.05) is 27.7 Å². The number of fused-ring (bicyclic) bond motifs is 7. The Labute approximate surface area is 333 Å². The van der Waals surface area contributed by atoms with Gasteiger partial charge in [-0.05, 0) is 131 Å². The molecule has 1 heterocycles. The number of likely N-dealkylation sites (tertiary alicyclic amines) is 1. The van der Waals surface area contributed by atoms with Crippen molar-refractivity contribution in [1.82, 2.24) is 10.2 Å². The third kappa shape index (κ3) is 6.81. The van der Waals surface area contributed by atoms with Gasteiger partial charge in [0, 0.05) is 48.7 Å². The molecule has 1 aliphatic heterocycles. The van der Waals surface area contributed by atoms with Gasteiger partial charge in [0.15, 0.2) is 0 Å². The molecule has 310 valence electrons. The number of ketones is 2. The van der Waals surface area contributed by atoms with Crippen LogP contribution in [0.5, 0.6) is 0 Å². The van der Waals surface area contributed by atoms with Crippen molar-refractivity contribution in [2.45, 2.75) is 178 Å². The van der Waals surface area contributed by atoms with Gasteiger partial charge >= 0.3 is 6.09 Å². The molecule has 5 unspecified atom stereocenters. The van der Waals surface area contributed by atoms with E-state index in [2.05, 4.69) is 65.3 Å². The molecule has 6 rings (SSSR count). The number of rotatable bonds is 9. The van der Waals surface area contributed by atoms with Gasteiger partial charge in [0.25, 0.3) is 0 Å². The first kappa shape index (κ1) is 42.2. The fraction of sp³-hybridized carbons (Fsp3) is 0.872. The third-order valence-electron chi connectivity index (χ3n) is 17.8. The SMILES string of the molecule is C=C(CC(C)(C)C(C)=O)O[C@H]1CCC2(C)C(CC[C@]3(C)C2CC[C@@H]2C4C(C(C)C)C(=O)C[C@]4(C(=O)N4CCC(NC(=O)OC(C)C)CC4)CC[C@]23C)C1(C)C. The van der Waals surface area contributed by atoms with E-state index in [-0.39, 0.29) is 75.4 Å². The lowest BCUT2D eigenvalue weighted by Gasteiger charge is -2.73. The molecule has 2 amide bonds. The van der Waals surface area contributed by atoms with Gasteiger partial charge in [-0.15, -0.1) is 0 Å². The summed E-state index contributed by atoms with van der Waals surface area (Å²) in [5.74, 6) is 2.98. The number of carbonyl (C=O) groups excluding carboxylic acids is 4. The van der Waals surface area contributed by atoms with Crippen LogP contribution in [0.1, 0.15) is 160 Å². The first-order chi connectivity index (χ1) is 25.4. The van der Waals surface area contributed by atoms with E-state index in [9.17, 15) is 14.4 Å². The predicted molar refractivity (Wildman–Crippen MR) is 217 cm³/mol. The molecular weight excluding hydrogens is 689 g/mol. The summed E-state index contributed by atoms with van der Waals surface area (Å²) in [5, 5.41) is 3.01. The van der Waals surface area contributed by atoms with Gasteiger partial charge < -0.3 is 19.7 Å². The number of nitrogens with one attached hydrogen (secondary N) is 1. The van der Waals surface area contributed by atoms with Gasteiger partial charge in [-0.2, -0.15) is 0 Å². The number of hydrogen-bond donors (Lipinski definition) is 1. The van der Waals surface area contributed by atoms with Crippen LogP contribution in [0.3, 0.4) is 0 Å². The van der Waals surface area contributed by atoms with E-state index in [1.54, 1.807) is 6.92 Å². The molecule has 5 aliphatic carbocycles. The smallest absolute Gasteiger partial charge is 0.407 e. The molecule has 10 atom stereocenters. The number of alkyl carbamates (subject to hydrolysis) is 1. The van der Waals surface area contributed by atoms with Crippen LogP contribution in [0.4, 0.5) is 4.79 Å². The number of nitrogens with zero attached hydrogens (tertiary/aromatic N) is 1. The van der Waals surface area contributed by atoms with Gasteiger partial charge in [-0.25, -0.2) is 4.79 Å². The number of ether oxygens (including phenoxy) is 2. The van der Waals surface area contributed by atoms with E-state index in [0.717, 1.165) is 57.1 Å². The van der Waals surface area contributed by atoms with E-state index in [1.165, 1.54) is 0 Å². The molecule has 0 bridgehead atoms. The second kappa shape index (κ2) is 14.5. The summed E-state index contributed by atoms with van der Waals surface area (Å²) in [6.07, 6.45) is 10.3. The zero-order valence-electron chi connectivity index (χ0n) is 36.7. The summed E-state index contributed by atoms with van der Waals surface area (Å²) < 4.78 is 12.1. The Bertz CT molecular complexity index is 1540. The van der Waals surface area contributed by atoms with Crippen molar-refractivity contribution < 1.29 is 28.7 Å². The minimum atomic E-state index is -0.631. The van der Waals surface area contributed by atoms with Gasteiger partial charge in [0.05, 0.1) is 17.3 Å². The quantitative estimate of drug-likeness (QED) is 0.235. The van der Waals surface area contributed by atoms with Crippen LogP contribution in [0, 0.1) is 68.0 Å². The zero-order valence-corrected chi connectivity index (χ0v) is 36.7. The van der Waals surface area contributed by atoms with Crippen molar-refractivity contribution in [2.75, 3.05) is 13.1 Å². The number of hydrogen-bond acceptors (Lipinski definition) is 6. The number of allylic oxidation sites excluding steroid dienone is 1. The second-order valence-electron chi connectivity index (χ2n) is 22.1. The van der Waals surface area contributed by atoms with Crippen LogP contribution in [0.2, 0.25) is 0 Å². The molecule has 0 radical (unpaired) electrons. The highest BCUT2D eigenvalue weighted by molar-refractivity contribution is 5.95. The summed E-state index contributed by atoms with van der Waals surface area (Å²) in [6, 6.07) is -0.0112. The van der Waals surface area contributed by atoms with Crippen molar-refractivity contribution in [3.05, 3.63) is 12.3 Å². The first-order valence-electron chi connectivity index (χ1n) is 22.1. The normalized spacial score (nSPS) is 40.1. The van der Waals surface area contributed by atoms with Crippen molar-refractivity contribution in [2.24, 2.45) is 68.0 Å². The molecular formula is C47H76N2O6. The predicted octanol–water partition coefficient (Wildman–Crippen LogP) is 9.93. The Morgan fingerprint density at radius 3 is 2.13 bits per heavy atom. The lowest BCUT2D eigenvalue weighted by atomic mass is 9.32. The molecule has 8 heteroatoms. The average molecular weight is 765 g/mol. The molecule has 0 spiro atoms. The average Bonchev–Trinajstić information content (AvgIpc) is 3.39. The number of carbonyl (C=O) groups is 4. The molecule has 55 heavy (non-hydrogen) atoms. The summed E-state index contributed by atoms with van der Waals surface area (Å²) in [4.78, 5) is 56.0. The highest BCUT2D eigenvalue weighted by Gasteiger charge is 2.73. The van der Waals surface area contributed by atoms with E-state index in [0.29, 0.717) is 62.3 Å². The Hall–Kier alpha value is -2.38. The Kier molecular flexibility index (Phi) is 11.1. The van der Waals surface area contributed by atoms with Gasteiger partial charge in [-0.1, -0.05) is 68.9 Å². The highest BCUT2D eigenvalue weighted by Crippen LogP contribution is 2.77. The van der Waals surface area contributed by atoms with Crippen LogP contribution in [-0.2, 0) is 23.9 Å². The highest BCUT2D eigenvalue weighted by atomic mass is 16.6. The maximum Gasteiger partial charge on any atom is 0.407 e. The first-order valence-corrected chi connectivity index (χ1v) is 22.1. The maximum atomic E-state index is 15.0. The lowest BCUT2D eigenvalue weighted by molar-refractivity contribution is -0.250. The molecule has 0 aromatic carbocycles. The minimum absolute atomic E-state index is 0.0112. The summed E-state index contributed by atoms with van der Waals surface area (Å²) >= 11 is 0. The molecule has 0 aromatic heterocycles. The third-order valence-corrected chi connectivity index (χ3v) is 17.8. The van der Waals surface area contributed by atoms with Gasteiger partial charge in [0.1, 0.15) is 17.7 Å². The number of Topliss-reactive ketones (excluding diaryl/α,β-unsaturated/α-hetero) is 2. The Balaban J connectivity index is 1.23. The minimum Gasteiger partial charge on any atom is -0.495 e. The van der Waals surface area contributed by atoms with Crippen LogP contribution in [0.15, 0.2) is 12.3 Å². The molecule has 6 fully saturated rings. The van der Waals surface area contributed by atoms with Crippen LogP contribution >= 0.6 is 0 Å². The summed E-state index contributed by atoms with van der Waals surface area (Å²) in [6.45, 7) is 31.9. The Morgan fingerprint density at radius 1 is 0.873 bits per heavy atom. The van der Waals surface area contributed by atoms with Crippen molar-refractivity contribution in [3.8, 4) is 0 Å². The summed E-state index contributed by atoms with van der Waals surface area (Å²) in [7, 11) is 0. The van der Waals surface area contributed by atoms with Crippen molar-refractivity contribution in [3.63, 3.8) is 0 Å². The fourth-order valence-corrected chi connectivity index (χ4v) is 14.6. The maximum absolute atomic E-state index is 15.0. The fourth-order valence-electron chi connectivity index (χ4n) is 14.6. The lowest BCUT2D eigenvalue weighted by Crippen LogP contribution is -2.67. The van der Waals surface area contributed by atoms with Crippen LogP contribution < -0.4 is 5.32 Å². The molecule has 0 aromatic rings.